The van der Waals surface area contributed by atoms with Crippen molar-refractivity contribution in [3.8, 4) is 17.2 Å². The molecule has 3 rings (SSSR count). The molecule has 0 amide bonds. The van der Waals surface area contributed by atoms with Gasteiger partial charge in [0.25, 0.3) is 0 Å². The lowest BCUT2D eigenvalue weighted by Crippen LogP contribution is -2.05. The molecule has 2 heterocycles. The number of hydrogen-bond donors (Lipinski definition) is 1. The molecule has 0 aliphatic carbocycles. The summed E-state index contributed by atoms with van der Waals surface area (Å²) in [5.41, 5.74) is 0.724. The van der Waals surface area contributed by atoms with E-state index in [-0.39, 0.29) is 6.10 Å². The lowest BCUT2D eigenvalue weighted by Gasteiger charge is -2.12. The normalized spacial score (nSPS) is 17.2. The number of methoxy groups -OCH3 is 3. The number of nitrogens with zero attached hydrogens (tertiary/aromatic N) is 3. The minimum Gasteiger partial charge on any atom is -0.496 e. The average Bonchev–Trinajstić information content (AvgIpc) is 3.28. The van der Waals surface area contributed by atoms with Gasteiger partial charge in [-0.3, -0.25) is 5.10 Å². The van der Waals surface area contributed by atoms with Gasteiger partial charge in [0.05, 0.1) is 27.5 Å². The molecule has 1 aliphatic heterocycles. The van der Waals surface area contributed by atoms with Crippen molar-refractivity contribution in [1.29, 1.82) is 0 Å². The van der Waals surface area contributed by atoms with Gasteiger partial charge in [0.1, 0.15) is 11.9 Å². The highest BCUT2D eigenvalue weighted by atomic mass is 32.1. The fourth-order valence-corrected chi connectivity index (χ4v) is 2.87. The maximum Gasteiger partial charge on any atom is 0.216 e. The van der Waals surface area contributed by atoms with Crippen molar-refractivity contribution in [3.63, 3.8) is 0 Å². The van der Waals surface area contributed by atoms with Crippen LogP contribution in [-0.4, -0.2) is 49.0 Å². The molecular formula is C16H20N4O4S. The lowest BCUT2D eigenvalue weighted by molar-refractivity contribution is 0.102. The summed E-state index contributed by atoms with van der Waals surface area (Å²) in [6.45, 7) is 0.720. The molecule has 134 valence electrons. The van der Waals surface area contributed by atoms with Gasteiger partial charge in [-0.2, -0.15) is 14.9 Å². The number of H-pyrrole nitrogens is 1. The molecule has 0 radical (unpaired) electrons. The van der Waals surface area contributed by atoms with E-state index in [1.165, 1.54) is 0 Å². The third-order valence-electron chi connectivity index (χ3n) is 3.94. The number of aromatic amines is 1. The second-order valence-corrected chi connectivity index (χ2v) is 5.78. The molecule has 2 aromatic rings. The fourth-order valence-electron chi connectivity index (χ4n) is 2.68. The van der Waals surface area contributed by atoms with Gasteiger partial charge in [-0.1, -0.05) is 0 Å². The van der Waals surface area contributed by atoms with Crippen LogP contribution in [0.5, 0.6) is 17.2 Å². The van der Waals surface area contributed by atoms with Crippen LogP contribution in [0, 0.1) is 4.77 Å². The highest BCUT2D eigenvalue weighted by molar-refractivity contribution is 7.71. The van der Waals surface area contributed by atoms with Crippen LogP contribution < -0.4 is 14.2 Å². The first-order chi connectivity index (χ1) is 12.2. The molecule has 1 saturated heterocycles. The Hall–Kier alpha value is -2.39. The van der Waals surface area contributed by atoms with E-state index in [4.69, 9.17) is 31.2 Å². The van der Waals surface area contributed by atoms with Crippen LogP contribution in [0.4, 0.5) is 0 Å². The van der Waals surface area contributed by atoms with E-state index in [0.29, 0.717) is 27.8 Å². The maximum absolute atomic E-state index is 5.67. The molecule has 1 N–H and O–H groups in total. The molecule has 1 aliphatic rings. The van der Waals surface area contributed by atoms with Gasteiger partial charge >= 0.3 is 0 Å². The van der Waals surface area contributed by atoms with Crippen LogP contribution in [-0.2, 0) is 4.74 Å². The number of hydrogen-bond acceptors (Lipinski definition) is 7. The van der Waals surface area contributed by atoms with Crippen LogP contribution >= 0.6 is 12.2 Å². The van der Waals surface area contributed by atoms with E-state index in [1.54, 1.807) is 44.4 Å². The van der Waals surface area contributed by atoms with Crippen molar-refractivity contribution >= 4 is 18.4 Å². The molecule has 1 atom stereocenters. The Balaban J connectivity index is 1.97. The van der Waals surface area contributed by atoms with Crippen LogP contribution in [0.25, 0.3) is 0 Å². The SMILES string of the molecule is COc1cc(OC)c(OC)cc1/C=N\n1c(C2CCCO2)n[nH]c1=S. The number of benzene rings is 1. The number of ether oxygens (including phenoxy) is 4. The number of rotatable bonds is 6. The second kappa shape index (κ2) is 7.66. The molecule has 1 unspecified atom stereocenters. The van der Waals surface area contributed by atoms with Crippen LogP contribution in [0.2, 0.25) is 0 Å². The summed E-state index contributed by atoms with van der Waals surface area (Å²) in [5, 5.41) is 11.5. The van der Waals surface area contributed by atoms with Gasteiger partial charge in [0, 0.05) is 18.2 Å². The first kappa shape index (κ1) is 17.4. The minimum atomic E-state index is -0.0996. The largest absolute Gasteiger partial charge is 0.496 e. The Bertz CT molecular complexity index is 824. The topological polar surface area (TPSA) is 82.9 Å². The predicted molar refractivity (Wildman–Crippen MR) is 94.4 cm³/mol. The minimum absolute atomic E-state index is 0.0996. The van der Waals surface area contributed by atoms with E-state index in [2.05, 4.69) is 15.3 Å². The number of aromatic nitrogens is 3. The monoisotopic (exact) mass is 364 g/mol. The molecule has 0 bridgehead atoms. The zero-order chi connectivity index (χ0) is 17.8. The van der Waals surface area contributed by atoms with E-state index in [1.807, 2.05) is 0 Å². The van der Waals surface area contributed by atoms with Crippen molar-refractivity contribution in [2.24, 2.45) is 5.10 Å². The van der Waals surface area contributed by atoms with E-state index < -0.39 is 0 Å². The third-order valence-corrected chi connectivity index (χ3v) is 4.21. The number of nitrogens with one attached hydrogen (secondary N) is 1. The summed E-state index contributed by atoms with van der Waals surface area (Å²) in [5.74, 6) is 2.43. The Labute approximate surface area is 150 Å². The molecule has 1 aromatic heterocycles. The smallest absolute Gasteiger partial charge is 0.216 e. The van der Waals surface area contributed by atoms with Crippen molar-refractivity contribution in [2.75, 3.05) is 27.9 Å². The Kier molecular flexibility index (Phi) is 5.34. The average molecular weight is 364 g/mol. The van der Waals surface area contributed by atoms with Gasteiger partial charge in [0.2, 0.25) is 4.77 Å². The fraction of sp³-hybridized carbons (Fsp3) is 0.438. The summed E-state index contributed by atoms with van der Waals surface area (Å²) in [6, 6.07) is 3.53. The van der Waals surface area contributed by atoms with Crippen molar-refractivity contribution < 1.29 is 18.9 Å². The van der Waals surface area contributed by atoms with E-state index in [0.717, 1.165) is 25.0 Å². The van der Waals surface area contributed by atoms with Gasteiger partial charge in [-0.25, -0.2) is 0 Å². The first-order valence-electron chi connectivity index (χ1n) is 7.81. The summed E-state index contributed by atoms with van der Waals surface area (Å²) in [6.07, 6.45) is 3.44. The van der Waals surface area contributed by atoms with Gasteiger partial charge in [0.15, 0.2) is 17.3 Å². The summed E-state index contributed by atoms with van der Waals surface area (Å²) >= 11 is 5.27. The highest BCUT2D eigenvalue weighted by Crippen LogP contribution is 2.34. The zero-order valence-corrected chi connectivity index (χ0v) is 15.1. The maximum atomic E-state index is 5.67. The van der Waals surface area contributed by atoms with Crippen molar-refractivity contribution in [2.45, 2.75) is 18.9 Å². The second-order valence-electron chi connectivity index (χ2n) is 5.39. The Morgan fingerprint density at radius 1 is 1.24 bits per heavy atom. The summed E-state index contributed by atoms with van der Waals surface area (Å²) in [4.78, 5) is 0. The molecule has 1 fully saturated rings. The summed E-state index contributed by atoms with van der Waals surface area (Å²) < 4.78 is 23.7. The molecule has 0 spiro atoms. The van der Waals surface area contributed by atoms with E-state index >= 15 is 0 Å². The van der Waals surface area contributed by atoms with Crippen LogP contribution in [0.3, 0.4) is 0 Å². The molecule has 0 saturated carbocycles. The predicted octanol–water partition coefficient (Wildman–Crippen LogP) is 2.70. The van der Waals surface area contributed by atoms with E-state index in [9.17, 15) is 0 Å². The molecule has 1 aromatic carbocycles. The molecular weight excluding hydrogens is 344 g/mol. The Morgan fingerprint density at radius 2 is 1.96 bits per heavy atom. The van der Waals surface area contributed by atoms with Crippen molar-refractivity contribution in [1.82, 2.24) is 14.9 Å². The summed E-state index contributed by atoms with van der Waals surface area (Å²) in [7, 11) is 4.73. The third kappa shape index (κ3) is 3.52. The molecule has 9 heteroatoms. The van der Waals surface area contributed by atoms with Crippen molar-refractivity contribution in [3.05, 3.63) is 28.3 Å². The zero-order valence-electron chi connectivity index (χ0n) is 14.3. The molecule has 25 heavy (non-hydrogen) atoms. The lowest BCUT2D eigenvalue weighted by atomic mass is 10.2. The van der Waals surface area contributed by atoms with Crippen LogP contribution in [0.1, 0.15) is 30.3 Å². The molecule has 8 nitrogen and oxygen atoms in total. The standard InChI is InChI=1S/C16H20N4O4S/c1-21-12-8-14(23-3)13(22-2)7-10(12)9-17-20-15(18-19-16(20)25)11-5-4-6-24-11/h7-9,11H,4-6H2,1-3H3,(H,19,25)/b17-9-. The van der Waals surface area contributed by atoms with Gasteiger partial charge in [-0.15, -0.1) is 0 Å². The quantitative estimate of drug-likeness (QED) is 0.627. The highest BCUT2D eigenvalue weighted by Gasteiger charge is 2.23. The van der Waals surface area contributed by atoms with Crippen LogP contribution in [0.15, 0.2) is 17.2 Å². The van der Waals surface area contributed by atoms with Gasteiger partial charge < -0.3 is 18.9 Å². The van der Waals surface area contributed by atoms with Gasteiger partial charge in [-0.05, 0) is 31.1 Å². The Morgan fingerprint density at radius 3 is 2.60 bits per heavy atom. The first-order valence-corrected chi connectivity index (χ1v) is 8.22.